The second-order valence-electron chi connectivity index (χ2n) is 5.39. The number of nitrogens with zero attached hydrogens (tertiary/aromatic N) is 5. The standard InChI is InChI=1S/C15H19N7OS2/c1-4-22-10(3)18-19-15(22)24-8-7-16-14(23)17-12-9(2)5-6-11-13(12)21-25-20-11/h5-6H,4,7-8H2,1-3H3,(H2,16,17,23). The second-order valence-corrected chi connectivity index (χ2v) is 6.98. The van der Waals surface area contributed by atoms with E-state index in [1.54, 1.807) is 11.8 Å². The number of nitrogens with one attached hydrogen (secondary N) is 2. The van der Waals surface area contributed by atoms with Gasteiger partial charge in [0, 0.05) is 18.8 Å². The average Bonchev–Trinajstić information content (AvgIpc) is 3.20. The first-order valence-electron chi connectivity index (χ1n) is 7.89. The van der Waals surface area contributed by atoms with E-state index < -0.39 is 0 Å². The smallest absolute Gasteiger partial charge is 0.319 e. The predicted octanol–water partition coefficient (Wildman–Crippen LogP) is 2.83. The highest BCUT2D eigenvalue weighted by Gasteiger charge is 2.12. The molecule has 1 aromatic carbocycles. The zero-order valence-corrected chi connectivity index (χ0v) is 15.9. The number of hydrogen-bond donors (Lipinski definition) is 2. The average molecular weight is 377 g/mol. The molecule has 0 unspecified atom stereocenters. The highest BCUT2D eigenvalue weighted by atomic mass is 32.2. The number of aromatic nitrogens is 5. The summed E-state index contributed by atoms with van der Waals surface area (Å²) in [6.07, 6.45) is 0. The van der Waals surface area contributed by atoms with E-state index in [1.807, 2.05) is 30.5 Å². The summed E-state index contributed by atoms with van der Waals surface area (Å²) < 4.78 is 10.5. The number of thioether (sulfide) groups is 1. The molecule has 0 spiro atoms. The van der Waals surface area contributed by atoms with Crippen molar-refractivity contribution in [1.82, 2.24) is 28.8 Å². The van der Waals surface area contributed by atoms with Gasteiger partial charge in [0.15, 0.2) is 5.16 Å². The van der Waals surface area contributed by atoms with Crippen molar-refractivity contribution < 1.29 is 4.79 Å². The number of amides is 2. The topological polar surface area (TPSA) is 97.6 Å². The number of carbonyl (C=O) groups excluding carboxylic acids is 1. The van der Waals surface area contributed by atoms with Gasteiger partial charge in [-0.15, -0.1) is 10.2 Å². The van der Waals surface area contributed by atoms with Crippen LogP contribution in [0, 0.1) is 13.8 Å². The summed E-state index contributed by atoms with van der Waals surface area (Å²) >= 11 is 2.71. The van der Waals surface area contributed by atoms with Crippen molar-refractivity contribution in [2.45, 2.75) is 32.5 Å². The molecular formula is C15H19N7OS2. The van der Waals surface area contributed by atoms with Crippen LogP contribution < -0.4 is 10.6 Å². The number of benzene rings is 1. The van der Waals surface area contributed by atoms with Gasteiger partial charge in [-0.1, -0.05) is 17.8 Å². The molecule has 0 fully saturated rings. The van der Waals surface area contributed by atoms with Gasteiger partial charge in [-0.25, -0.2) is 4.79 Å². The predicted molar refractivity (Wildman–Crippen MR) is 100 cm³/mol. The molecule has 25 heavy (non-hydrogen) atoms. The van der Waals surface area contributed by atoms with Gasteiger partial charge in [0.05, 0.1) is 17.4 Å². The number of carbonyl (C=O) groups is 1. The first kappa shape index (κ1) is 17.6. The lowest BCUT2D eigenvalue weighted by atomic mass is 10.1. The number of fused-ring (bicyclic) bond motifs is 1. The van der Waals surface area contributed by atoms with Crippen molar-refractivity contribution in [3.8, 4) is 0 Å². The normalized spacial score (nSPS) is 11.0. The third kappa shape index (κ3) is 3.90. The van der Waals surface area contributed by atoms with Crippen LogP contribution in [0.5, 0.6) is 0 Å². The van der Waals surface area contributed by atoms with Gasteiger partial charge in [0.1, 0.15) is 16.9 Å². The Kier molecular flexibility index (Phi) is 5.49. The summed E-state index contributed by atoms with van der Waals surface area (Å²) in [6.45, 7) is 7.28. The van der Waals surface area contributed by atoms with Crippen LogP contribution in [-0.2, 0) is 6.54 Å². The quantitative estimate of drug-likeness (QED) is 0.506. The molecule has 2 N–H and O–H groups in total. The molecule has 0 radical (unpaired) electrons. The summed E-state index contributed by atoms with van der Waals surface area (Å²) in [5.74, 6) is 1.61. The van der Waals surface area contributed by atoms with Crippen LogP contribution in [0.25, 0.3) is 11.0 Å². The van der Waals surface area contributed by atoms with E-state index in [9.17, 15) is 4.79 Å². The van der Waals surface area contributed by atoms with Gasteiger partial charge in [-0.05, 0) is 32.4 Å². The fourth-order valence-electron chi connectivity index (χ4n) is 2.41. The molecule has 0 saturated heterocycles. The molecular weight excluding hydrogens is 358 g/mol. The van der Waals surface area contributed by atoms with Gasteiger partial charge in [0.2, 0.25) is 0 Å². The molecule has 2 amide bonds. The molecule has 0 saturated carbocycles. The minimum Gasteiger partial charge on any atom is -0.337 e. The number of hydrogen-bond acceptors (Lipinski definition) is 7. The third-order valence-corrected chi connectivity index (χ3v) is 5.22. The Balaban J connectivity index is 1.53. The van der Waals surface area contributed by atoms with Crippen LogP contribution in [0.15, 0.2) is 17.3 Å². The molecule has 3 rings (SSSR count). The Bertz CT molecular complexity index is 889. The van der Waals surface area contributed by atoms with E-state index in [2.05, 4.69) is 36.5 Å². The Morgan fingerprint density at radius 3 is 2.92 bits per heavy atom. The Morgan fingerprint density at radius 1 is 1.28 bits per heavy atom. The number of rotatable bonds is 6. The summed E-state index contributed by atoms with van der Waals surface area (Å²) in [5, 5.41) is 14.8. The van der Waals surface area contributed by atoms with Crippen molar-refractivity contribution in [3.05, 3.63) is 23.5 Å². The molecule has 0 aliphatic heterocycles. The van der Waals surface area contributed by atoms with Crippen LogP contribution in [0.3, 0.4) is 0 Å². The van der Waals surface area contributed by atoms with Gasteiger partial charge in [-0.3, -0.25) is 0 Å². The zero-order chi connectivity index (χ0) is 17.8. The largest absolute Gasteiger partial charge is 0.337 e. The summed E-state index contributed by atoms with van der Waals surface area (Å²) in [7, 11) is 0. The maximum absolute atomic E-state index is 12.2. The molecule has 0 atom stereocenters. The second kappa shape index (κ2) is 7.79. The van der Waals surface area contributed by atoms with E-state index in [4.69, 9.17) is 0 Å². The first-order chi connectivity index (χ1) is 12.1. The highest BCUT2D eigenvalue weighted by molar-refractivity contribution is 7.99. The van der Waals surface area contributed by atoms with Gasteiger partial charge in [0.25, 0.3) is 0 Å². The maximum atomic E-state index is 12.2. The van der Waals surface area contributed by atoms with Crippen molar-refractivity contribution in [3.63, 3.8) is 0 Å². The van der Waals surface area contributed by atoms with Crippen molar-refractivity contribution in [2.75, 3.05) is 17.6 Å². The van der Waals surface area contributed by atoms with Crippen LogP contribution in [0.4, 0.5) is 10.5 Å². The fraction of sp³-hybridized carbons (Fsp3) is 0.400. The first-order valence-corrected chi connectivity index (χ1v) is 9.61. The minimum atomic E-state index is -0.252. The molecule has 3 aromatic rings. The molecule has 0 aliphatic carbocycles. The van der Waals surface area contributed by atoms with Gasteiger partial charge >= 0.3 is 6.03 Å². The SMILES string of the molecule is CCn1c(C)nnc1SCCNC(=O)Nc1c(C)ccc2nsnc12. The molecule has 2 heterocycles. The van der Waals surface area contributed by atoms with E-state index in [0.717, 1.165) is 45.9 Å². The Hall–Kier alpha value is -2.20. The van der Waals surface area contributed by atoms with E-state index >= 15 is 0 Å². The summed E-state index contributed by atoms with van der Waals surface area (Å²) in [4.78, 5) is 12.2. The maximum Gasteiger partial charge on any atom is 0.319 e. The number of anilines is 1. The van der Waals surface area contributed by atoms with Crippen LogP contribution in [-0.4, -0.2) is 41.8 Å². The van der Waals surface area contributed by atoms with Gasteiger partial charge in [-0.2, -0.15) is 8.75 Å². The van der Waals surface area contributed by atoms with Crippen LogP contribution >= 0.6 is 23.5 Å². The molecule has 132 valence electrons. The van der Waals surface area contributed by atoms with E-state index in [1.165, 1.54) is 0 Å². The highest BCUT2D eigenvalue weighted by Crippen LogP contribution is 2.25. The molecule has 2 aromatic heterocycles. The summed E-state index contributed by atoms with van der Waals surface area (Å²) in [5.41, 5.74) is 3.17. The van der Waals surface area contributed by atoms with Crippen molar-refractivity contribution >= 4 is 46.2 Å². The van der Waals surface area contributed by atoms with Crippen LogP contribution in [0.2, 0.25) is 0 Å². The third-order valence-electron chi connectivity index (χ3n) is 3.71. The number of urea groups is 1. The Morgan fingerprint density at radius 2 is 2.12 bits per heavy atom. The van der Waals surface area contributed by atoms with Crippen LogP contribution in [0.1, 0.15) is 18.3 Å². The molecule has 8 nitrogen and oxygen atoms in total. The lowest BCUT2D eigenvalue weighted by Crippen LogP contribution is -2.31. The van der Waals surface area contributed by atoms with E-state index in [0.29, 0.717) is 18.0 Å². The summed E-state index contributed by atoms with van der Waals surface area (Å²) in [6, 6.07) is 3.58. The molecule has 0 aliphatic rings. The lowest BCUT2D eigenvalue weighted by molar-refractivity contribution is 0.252. The monoisotopic (exact) mass is 377 g/mol. The molecule has 10 heteroatoms. The van der Waals surface area contributed by atoms with Crippen molar-refractivity contribution in [1.29, 1.82) is 0 Å². The minimum absolute atomic E-state index is 0.252. The molecule has 0 bridgehead atoms. The van der Waals surface area contributed by atoms with Gasteiger partial charge < -0.3 is 15.2 Å². The number of aryl methyl sites for hydroxylation is 2. The van der Waals surface area contributed by atoms with Crippen molar-refractivity contribution in [2.24, 2.45) is 0 Å². The zero-order valence-electron chi connectivity index (χ0n) is 14.2. The Labute approximate surface area is 153 Å². The lowest BCUT2D eigenvalue weighted by Gasteiger charge is -2.10. The fourth-order valence-corrected chi connectivity index (χ4v) is 3.85. The van der Waals surface area contributed by atoms with E-state index in [-0.39, 0.29) is 6.03 Å².